The molecule has 0 amide bonds. The monoisotopic (exact) mass is 396 g/mol. The maximum atomic E-state index is 12.1. The van der Waals surface area contributed by atoms with E-state index in [1.165, 1.54) is 0 Å². The highest BCUT2D eigenvalue weighted by Gasteiger charge is 2.11. The van der Waals surface area contributed by atoms with Crippen LogP contribution in [-0.2, 0) is 0 Å². The third-order valence-corrected chi connectivity index (χ3v) is 3.94. The SMILES string of the molecule is CC(C)CCOc1ccc(C(=O)Oc2ccc(Br)cc2Cl)cc1. The highest BCUT2D eigenvalue weighted by molar-refractivity contribution is 9.10. The molecule has 23 heavy (non-hydrogen) atoms. The van der Waals surface area contributed by atoms with Crippen LogP contribution in [0.3, 0.4) is 0 Å². The molecule has 0 saturated heterocycles. The number of ether oxygens (including phenoxy) is 2. The Balaban J connectivity index is 1.97. The van der Waals surface area contributed by atoms with Crippen molar-refractivity contribution in [2.24, 2.45) is 5.92 Å². The molecule has 0 radical (unpaired) electrons. The van der Waals surface area contributed by atoms with Gasteiger partial charge in [0.2, 0.25) is 0 Å². The molecule has 0 saturated carbocycles. The first-order chi connectivity index (χ1) is 11.0. The Kier molecular flexibility index (Phi) is 6.48. The Morgan fingerprint density at radius 1 is 1.17 bits per heavy atom. The molecular formula is C18H18BrClO3. The molecule has 2 aromatic carbocycles. The summed E-state index contributed by atoms with van der Waals surface area (Å²) in [6.45, 7) is 4.96. The van der Waals surface area contributed by atoms with Crippen LogP contribution in [0.2, 0.25) is 5.02 Å². The van der Waals surface area contributed by atoms with Crippen LogP contribution in [-0.4, -0.2) is 12.6 Å². The Hall–Kier alpha value is -1.52. The molecule has 5 heteroatoms. The molecule has 0 N–H and O–H groups in total. The molecule has 0 unspecified atom stereocenters. The second-order valence-electron chi connectivity index (χ2n) is 5.52. The molecule has 0 heterocycles. The number of esters is 1. The second kappa shape index (κ2) is 8.37. The quantitative estimate of drug-likeness (QED) is 0.460. The first-order valence-corrected chi connectivity index (χ1v) is 8.53. The molecule has 2 aromatic rings. The molecule has 0 atom stereocenters. The molecule has 2 rings (SSSR count). The van der Waals surface area contributed by atoms with E-state index in [9.17, 15) is 4.79 Å². The van der Waals surface area contributed by atoms with E-state index >= 15 is 0 Å². The third kappa shape index (κ3) is 5.56. The Labute approximate surface area is 149 Å². The van der Waals surface area contributed by atoms with Crippen LogP contribution in [0.5, 0.6) is 11.5 Å². The fourth-order valence-electron chi connectivity index (χ4n) is 1.82. The van der Waals surface area contributed by atoms with E-state index < -0.39 is 5.97 Å². The van der Waals surface area contributed by atoms with Gasteiger partial charge in [-0.05, 0) is 54.8 Å². The molecule has 0 spiro atoms. The van der Waals surface area contributed by atoms with Crippen LogP contribution in [0.25, 0.3) is 0 Å². The van der Waals surface area contributed by atoms with Gasteiger partial charge in [0, 0.05) is 4.47 Å². The van der Waals surface area contributed by atoms with Gasteiger partial charge in [0.1, 0.15) is 11.5 Å². The summed E-state index contributed by atoms with van der Waals surface area (Å²) >= 11 is 9.35. The first-order valence-electron chi connectivity index (χ1n) is 7.36. The summed E-state index contributed by atoms with van der Waals surface area (Å²) in [5.41, 5.74) is 0.445. The Bertz CT molecular complexity index is 668. The van der Waals surface area contributed by atoms with E-state index in [1.807, 2.05) is 0 Å². The number of hydrogen-bond acceptors (Lipinski definition) is 3. The second-order valence-corrected chi connectivity index (χ2v) is 6.84. The van der Waals surface area contributed by atoms with Crippen LogP contribution >= 0.6 is 27.5 Å². The fourth-order valence-corrected chi connectivity index (χ4v) is 2.53. The number of carbonyl (C=O) groups is 1. The van der Waals surface area contributed by atoms with Crippen LogP contribution in [0, 0.1) is 5.92 Å². The molecule has 0 aromatic heterocycles. The van der Waals surface area contributed by atoms with Gasteiger partial charge in [0.25, 0.3) is 0 Å². The predicted molar refractivity (Wildman–Crippen MR) is 95.5 cm³/mol. The molecule has 0 bridgehead atoms. The first kappa shape index (κ1) is 17.8. The van der Waals surface area contributed by atoms with Crippen molar-refractivity contribution in [2.45, 2.75) is 20.3 Å². The zero-order valence-electron chi connectivity index (χ0n) is 13.0. The highest BCUT2D eigenvalue weighted by Crippen LogP contribution is 2.28. The lowest BCUT2D eigenvalue weighted by atomic mass is 10.1. The van der Waals surface area contributed by atoms with Crippen molar-refractivity contribution >= 4 is 33.5 Å². The average molecular weight is 398 g/mol. The lowest BCUT2D eigenvalue weighted by Crippen LogP contribution is -2.09. The van der Waals surface area contributed by atoms with Crippen molar-refractivity contribution < 1.29 is 14.3 Å². The minimum atomic E-state index is -0.456. The predicted octanol–water partition coefficient (Wildman–Crippen LogP) is 5.75. The van der Waals surface area contributed by atoms with Gasteiger partial charge in [-0.15, -0.1) is 0 Å². The fraction of sp³-hybridized carbons (Fsp3) is 0.278. The summed E-state index contributed by atoms with van der Waals surface area (Å²) in [6.07, 6.45) is 0.992. The molecule has 0 aliphatic carbocycles. The van der Waals surface area contributed by atoms with E-state index in [-0.39, 0.29) is 0 Å². The summed E-state index contributed by atoms with van der Waals surface area (Å²) in [5.74, 6) is 1.21. The van der Waals surface area contributed by atoms with E-state index in [2.05, 4.69) is 29.8 Å². The smallest absolute Gasteiger partial charge is 0.343 e. The van der Waals surface area contributed by atoms with Crippen molar-refractivity contribution in [3.05, 3.63) is 57.5 Å². The third-order valence-electron chi connectivity index (χ3n) is 3.15. The molecule has 3 nitrogen and oxygen atoms in total. The van der Waals surface area contributed by atoms with Crippen molar-refractivity contribution in [3.63, 3.8) is 0 Å². The van der Waals surface area contributed by atoms with Crippen LogP contribution in [0.15, 0.2) is 46.9 Å². The summed E-state index contributed by atoms with van der Waals surface area (Å²) in [4.78, 5) is 12.1. The van der Waals surface area contributed by atoms with Crippen molar-refractivity contribution in [2.75, 3.05) is 6.61 Å². The zero-order valence-corrected chi connectivity index (χ0v) is 15.4. The van der Waals surface area contributed by atoms with Gasteiger partial charge < -0.3 is 9.47 Å². The normalized spacial score (nSPS) is 10.7. The van der Waals surface area contributed by atoms with Crippen LogP contribution in [0.4, 0.5) is 0 Å². The standard InChI is InChI=1S/C18H18BrClO3/c1-12(2)9-10-22-15-6-3-13(4-7-15)18(21)23-17-8-5-14(19)11-16(17)20/h3-8,11-12H,9-10H2,1-2H3. The highest BCUT2D eigenvalue weighted by atomic mass is 79.9. The summed E-state index contributed by atoms with van der Waals surface area (Å²) in [6, 6.07) is 12.0. The summed E-state index contributed by atoms with van der Waals surface area (Å²) in [5, 5.41) is 0.376. The van der Waals surface area contributed by atoms with Gasteiger partial charge in [-0.25, -0.2) is 4.79 Å². The average Bonchev–Trinajstić information content (AvgIpc) is 2.50. The Morgan fingerprint density at radius 2 is 1.87 bits per heavy atom. The summed E-state index contributed by atoms with van der Waals surface area (Å²) < 4.78 is 11.8. The largest absolute Gasteiger partial charge is 0.494 e. The lowest BCUT2D eigenvalue weighted by molar-refractivity contribution is 0.0735. The molecule has 0 aliphatic rings. The minimum absolute atomic E-state index is 0.331. The van der Waals surface area contributed by atoms with Crippen LogP contribution in [0.1, 0.15) is 30.6 Å². The van der Waals surface area contributed by atoms with Gasteiger partial charge in [-0.2, -0.15) is 0 Å². The number of carbonyl (C=O) groups excluding carboxylic acids is 1. The number of benzene rings is 2. The maximum absolute atomic E-state index is 12.1. The number of rotatable bonds is 6. The van der Waals surface area contributed by atoms with Crippen molar-refractivity contribution in [3.8, 4) is 11.5 Å². The van der Waals surface area contributed by atoms with Gasteiger partial charge in [0.05, 0.1) is 17.2 Å². The molecule has 0 fully saturated rings. The summed E-state index contributed by atoms with van der Waals surface area (Å²) in [7, 11) is 0. The van der Waals surface area contributed by atoms with Gasteiger partial charge in [0.15, 0.2) is 0 Å². The number of hydrogen-bond donors (Lipinski definition) is 0. The van der Waals surface area contributed by atoms with Crippen LogP contribution < -0.4 is 9.47 Å². The number of halogens is 2. The minimum Gasteiger partial charge on any atom is -0.494 e. The molecule has 0 aliphatic heterocycles. The Morgan fingerprint density at radius 3 is 2.48 bits per heavy atom. The van der Waals surface area contributed by atoms with Gasteiger partial charge in [-0.1, -0.05) is 41.4 Å². The van der Waals surface area contributed by atoms with Crippen molar-refractivity contribution in [1.29, 1.82) is 0 Å². The van der Waals surface area contributed by atoms with E-state index in [0.29, 0.717) is 28.9 Å². The molecule has 122 valence electrons. The van der Waals surface area contributed by atoms with Crippen molar-refractivity contribution in [1.82, 2.24) is 0 Å². The van der Waals surface area contributed by atoms with Gasteiger partial charge >= 0.3 is 5.97 Å². The van der Waals surface area contributed by atoms with Gasteiger partial charge in [-0.3, -0.25) is 0 Å². The molecular weight excluding hydrogens is 380 g/mol. The van der Waals surface area contributed by atoms with E-state index in [0.717, 1.165) is 16.6 Å². The topological polar surface area (TPSA) is 35.5 Å². The lowest BCUT2D eigenvalue weighted by Gasteiger charge is -2.09. The van der Waals surface area contributed by atoms with E-state index in [4.69, 9.17) is 21.1 Å². The zero-order chi connectivity index (χ0) is 16.8. The maximum Gasteiger partial charge on any atom is 0.343 e. The van der Waals surface area contributed by atoms with E-state index in [1.54, 1.807) is 42.5 Å².